The van der Waals surface area contributed by atoms with Gasteiger partial charge >= 0.3 is 0 Å². The molecule has 0 aromatic heterocycles. The van der Waals surface area contributed by atoms with Crippen LogP contribution in [0, 0.1) is 0 Å². The molecule has 3 aromatic carbocycles. The standard InChI is InChI=1S/C31H36N4O2/c1-3-5-18-32-21-22-12-15-25(16-13-22)34-29(23-10-8-7-9-11-23)28-26-20-24(30(36)33-19-6-4-2)14-17-27(26)35-31(28)37/h7-17,20,32,34H,3-6,18-19,21H2,1-2H3,(H,33,36)(H,35,37). The number of rotatable bonds is 12. The fraction of sp³-hybridized carbons (Fsp3) is 0.290. The van der Waals surface area contributed by atoms with E-state index < -0.39 is 0 Å². The zero-order valence-corrected chi connectivity index (χ0v) is 21.7. The normalized spacial score (nSPS) is 13.6. The number of carbonyl (C=O) groups excluding carboxylic acids is 2. The van der Waals surface area contributed by atoms with Crippen molar-refractivity contribution in [3.63, 3.8) is 0 Å². The summed E-state index contributed by atoms with van der Waals surface area (Å²) in [4.78, 5) is 26.0. The van der Waals surface area contributed by atoms with E-state index in [9.17, 15) is 9.59 Å². The molecular formula is C31H36N4O2. The lowest BCUT2D eigenvalue weighted by molar-refractivity contribution is -0.110. The molecule has 6 nitrogen and oxygen atoms in total. The Labute approximate surface area is 219 Å². The van der Waals surface area contributed by atoms with Crippen LogP contribution < -0.4 is 21.3 Å². The van der Waals surface area contributed by atoms with Crippen LogP contribution in [0.2, 0.25) is 0 Å². The molecule has 0 unspecified atom stereocenters. The van der Waals surface area contributed by atoms with Crippen LogP contribution in [0.3, 0.4) is 0 Å². The van der Waals surface area contributed by atoms with Gasteiger partial charge < -0.3 is 21.3 Å². The number of anilines is 2. The highest BCUT2D eigenvalue weighted by Gasteiger charge is 2.29. The number of fused-ring (bicyclic) bond motifs is 1. The van der Waals surface area contributed by atoms with Crippen molar-refractivity contribution >= 4 is 34.5 Å². The molecule has 0 aliphatic carbocycles. The molecular weight excluding hydrogens is 460 g/mol. The monoisotopic (exact) mass is 496 g/mol. The molecule has 4 rings (SSSR count). The Kier molecular flexibility index (Phi) is 9.11. The van der Waals surface area contributed by atoms with Crippen LogP contribution in [-0.2, 0) is 11.3 Å². The van der Waals surface area contributed by atoms with Gasteiger partial charge in [0.05, 0.1) is 11.3 Å². The predicted octanol–water partition coefficient (Wildman–Crippen LogP) is 6.04. The molecule has 192 valence electrons. The van der Waals surface area contributed by atoms with E-state index in [0.29, 0.717) is 29.1 Å². The second-order valence-electron chi connectivity index (χ2n) is 9.29. The molecule has 6 heteroatoms. The fourth-order valence-corrected chi connectivity index (χ4v) is 4.31. The summed E-state index contributed by atoms with van der Waals surface area (Å²) in [6.07, 6.45) is 4.28. The molecule has 0 saturated heterocycles. The van der Waals surface area contributed by atoms with Gasteiger partial charge in [-0.2, -0.15) is 0 Å². The van der Waals surface area contributed by atoms with E-state index >= 15 is 0 Å². The highest BCUT2D eigenvalue weighted by atomic mass is 16.2. The summed E-state index contributed by atoms with van der Waals surface area (Å²) in [7, 11) is 0. The first-order valence-corrected chi connectivity index (χ1v) is 13.2. The Hall–Kier alpha value is -3.90. The third-order valence-corrected chi connectivity index (χ3v) is 6.41. The van der Waals surface area contributed by atoms with Crippen LogP contribution >= 0.6 is 0 Å². The molecule has 37 heavy (non-hydrogen) atoms. The first-order valence-electron chi connectivity index (χ1n) is 13.2. The summed E-state index contributed by atoms with van der Waals surface area (Å²) in [5, 5.41) is 12.9. The first kappa shape index (κ1) is 26.2. The summed E-state index contributed by atoms with van der Waals surface area (Å²) in [6, 6.07) is 23.4. The maximum atomic E-state index is 13.2. The molecule has 0 saturated carbocycles. The van der Waals surface area contributed by atoms with Gasteiger partial charge in [-0.15, -0.1) is 0 Å². The minimum Gasteiger partial charge on any atom is -0.354 e. The van der Waals surface area contributed by atoms with Gasteiger partial charge in [0, 0.05) is 35.6 Å². The quantitative estimate of drug-likeness (QED) is 0.182. The fourth-order valence-electron chi connectivity index (χ4n) is 4.31. The number of benzene rings is 3. The van der Waals surface area contributed by atoms with E-state index in [2.05, 4.69) is 47.2 Å². The van der Waals surface area contributed by atoms with Gasteiger partial charge in [-0.05, 0) is 60.8 Å². The minimum absolute atomic E-state index is 0.132. The Bertz CT molecular complexity index is 1250. The van der Waals surface area contributed by atoms with E-state index in [-0.39, 0.29) is 11.8 Å². The van der Waals surface area contributed by atoms with Gasteiger partial charge in [0.25, 0.3) is 11.8 Å². The summed E-state index contributed by atoms with van der Waals surface area (Å²) in [5.74, 6) is -0.325. The average Bonchev–Trinajstić information content (AvgIpc) is 3.25. The molecule has 1 aliphatic rings. The van der Waals surface area contributed by atoms with Crippen LogP contribution in [0.5, 0.6) is 0 Å². The molecule has 0 fully saturated rings. The maximum absolute atomic E-state index is 13.2. The number of unbranched alkanes of at least 4 members (excludes halogenated alkanes) is 2. The Morgan fingerprint density at radius 2 is 1.57 bits per heavy atom. The van der Waals surface area contributed by atoms with Crippen molar-refractivity contribution in [2.45, 2.75) is 46.1 Å². The van der Waals surface area contributed by atoms with Crippen molar-refractivity contribution in [3.8, 4) is 0 Å². The highest BCUT2D eigenvalue weighted by molar-refractivity contribution is 6.37. The lowest BCUT2D eigenvalue weighted by Crippen LogP contribution is -2.24. The number of hydrogen-bond donors (Lipinski definition) is 4. The van der Waals surface area contributed by atoms with Crippen LogP contribution in [-0.4, -0.2) is 24.9 Å². The van der Waals surface area contributed by atoms with Crippen LogP contribution in [0.25, 0.3) is 11.3 Å². The van der Waals surface area contributed by atoms with E-state index in [4.69, 9.17) is 0 Å². The van der Waals surface area contributed by atoms with Crippen molar-refractivity contribution in [2.75, 3.05) is 23.7 Å². The van der Waals surface area contributed by atoms with E-state index in [1.807, 2.05) is 42.5 Å². The Morgan fingerprint density at radius 3 is 2.30 bits per heavy atom. The average molecular weight is 497 g/mol. The van der Waals surface area contributed by atoms with Gasteiger partial charge in [0.15, 0.2) is 0 Å². The second-order valence-corrected chi connectivity index (χ2v) is 9.29. The highest BCUT2D eigenvalue weighted by Crippen LogP contribution is 2.38. The summed E-state index contributed by atoms with van der Waals surface area (Å²) < 4.78 is 0. The van der Waals surface area contributed by atoms with Crippen LogP contribution in [0.1, 0.15) is 66.6 Å². The van der Waals surface area contributed by atoms with Crippen LogP contribution in [0.15, 0.2) is 72.8 Å². The van der Waals surface area contributed by atoms with E-state index in [0.717, 1.165) is 42.7 Å². The molecule has 0 bridgehead atoms. The largest absolute Gasteiger partial charge is 0.354 e. The molecule has 4 N–H and O–H groups in total. The van der Waals surface area contributed by atoms with Crippen LogP contribution in [0.4, 0.5) is 11.4 Å². The van der Waals surface area contributed by atoms with Gasteiger partial charge in [-0.1, -0.05) is 69.2 Å². The zero-order valence-electron chi connectivity index (χ0n) is 21.7. The van der Waals surface area contributed by atoms with E-state index in [1.54, 1.807) is 18.2 Å². The number of hydrogen-bond acceptors (Lipinski definition) is 4. The predicted molar refractivity (Wildman–Crippen MR) is 152 cm³/mol. The number of amides is 2. The van der Waals surface area contributed by atoms with Crippen molar-refractivity contribution < 1.29 is 9.59 Å². The second kappa shape index (κ2) is 12.9. The van der Waals surface area contributed by atoms with Gasteiger partial charge in [0.2, 0.25) is 0 Å². The van der Waals surface area contributed by atoms with Crippen molar-refractivity contribution in [1.29, 1.82) is 0 Å². The molecule has 0 spiro atoms. The topological polar surface area (TPSA) is 82.3 Å². The minimum atomic E-state index is -0.193. The zero-order chi connectivity index (χ0) is 26.0. The summed E-state index contributed by atoms with van der Waals surface area (Å²) in [6.45, 7) is 6.74. The molecule has 3 aromatic rings. The molecule has 0 radical (unpaired) electrons. The smallest absolute Gasteiger partial charge is 0.258 e. The third kappa shape index (κ3) is 6.66. The maximum Gasteiger partial charge on any atom is 0.258 e. The van der Waals surface area contributed by atoms with Crippen molar-refractivity contribution in [3.05, 3.63) is 95.1 Å². The molecule has 0 atom stereocenters. The van der Waals surface area contributed by atoms with E-state index in [1.165, 1.54) is 18.4 Å². The van der Waals surface area contributed by atoms with Gasteiger partial charge in [-0.3, -0.25) is 9.59 Å². The lowest BCUT2D eigenvalue weighted by atomic mass is 9.98. The SMILES string of the molecule is CCCCNCc1ccc(NC(=C2C(=O)Nc3ccc(C(=O)NCCCC)cc32)c2ccccc2)cc1. The third-order valence-electron chi connectivity index (χ3n) is 6.41. The number of nitrogens with one attached hydrogen (secondary N) is 4. The van der Waals surface area contributed by atoms with Gasteiger partial charge in [-0.25, -0.2) is 0 Å². The molecule has 1 aliphatic heterocycles. The summed E-state index contributed by atoms with van der Waals surface area (Å²) >= 11 is 0. The number of carbonyl (C=O) groups is 2. The van der Waals surface area contributed by atoms with Crippen molar-refractivity contribution in [1.82, 2.24) is 10.6 Å². The lowest BCUT2D eigenvalue weighted by Gasteiger charge is -2.15. The molecule has 2 amide bonds. The summed E-state index contributed by atoms with van der Waals surface area (Å²) in [5.41, 5.74) is 6.17. The first-order chi connectivity index (χ1) is 18.1. The Morgan fingerprint density at radius 1 is 0.838 bits per heavy atom. The molecule has 1 heterocycles. The van der Waals surface area contributed by atoms with Gasteiger partial charge in [0.1, 0.15) is 0 Å². The Balaban J connectivity index is 1.66. The van der Waals surface area contributed by atoms with Crippen molar-refractivity contribution in [2.24, 2.45) is 0 Å².